The average Bonchev–Trinajstić information content (AvgIpc) is 3.00. The van der Waals surface area contributed by atoms with Gasteiger partial charge in [-0.1, -0.05) is 37.3 Å². The molecular weight excluding hydrogens is 366 g/mol. The van der Waals surface area contributed by atoms with E-state index in [1.54, 1.807) is 30.5 Å². The quantitative estimate of drug-likeness (QED) is 0.648. The Balaban J connectivity index is 1.44. The third-order valence-corrected chi connectivity index (χ3v) is 5.27. The van der Waals surface area contributed by atoms with Gasteiger partial charge in [0.1, 0.15) is 0 Å². The number of nitrogens with zero attached hydrogens (tertiary/aromatic N) is 2. The van der Waals surface area contributed by atoms with Crippen LogP contribution in [0.5, 0.6) is 0 Å². The summed E-state index contributed by atoms with van der Waals surface area (Å²) in [5.41, 5.74) is 2.25. The molecule has 0 saturated heterocycles. The van der Waals surface area contributed by atoms with Crippen LogP contribution in [-0.4, -0.2) is 33.6 Å². The predicted octanol–water partition coefficient (Wildman–Crippen LogP) is 4.03. The lowest BCUT2D eigenvalue weighted by molar-refractivity contribution is -0.116. The number of hydrogen-bond donors (Lipinski definition) is 1. The number of carbonyl (C=O) groups excluding carboxylic acids is 3. The van der Waals surface area contributed by atoms with Crippen molar-refractivity contribution in [3.63, 3.8) is 0 Å². The van der Waals surface area contributed by atoms with Crippen molar-refractivity contribution in [3.05, 3.63) is 71.9 Å². The summed E-state index contributed by atoms with van der Waals surface area (Å²) in [5, 5.41) is 3.85. The fraction of sp³-hybridized carbons (Fsp3) is 0.217. The van der Waals surface area contributed by atoms with Crippen molar-refractivity contribution < 1.29 is 14.4 Å². The standard InChI is InChI=1S/C23H21N3O3/c1-2-16(26-22(28)17-9-3-4-10-18(17)23(26)29)12-13-20(27)25-19-11-5-7-15-8-6-14-24-21(15)19/h3-11,14,16H,2,12-13H2,1H3,(H,25,27). The van der Waals surface area contributed by atoms with Gasteiger partial charge in [-0.15, -0.1) is 0 Å². The number of para-hydroxylation sites is 1. The highest BCUT2D eigenvalue weighted by Crippen LogP contribution is 2.27. The Bertz CT molecular complexity index is 1070. The first-order valence-electron chi connectivity index (χ1n) is 9.70. The molecule has 1 unspecified atom stereocenters. The van der Waals surface area contributed by atoms with Gasteiger partial charge in [-0.3, -0.25) is 24.3 Å². The normalized spacial score (nSPS) is 14.2. The molecule has 2 aromatic carbocycles. The Kier molecular flexibility index (Phi) is 5.08. The first-order valence-corrected chi connectivity index (χ1v) is 9.70. The average molecular weight is 387 g/mol. The second-order valence-corrected chi connectivity index (χ2v) is 7.06. The fourth-order valence-electron chi connectivity index (χ4n) is 3.77. The first kappa shape index (κ1) is 18.8. The van der Waals surface area contributed by atoms with E-state index in [1.165, 1.54) is 4.90 Å². The van der Waals surface area contributed by atoms with Crippen molar-refractivity contribution in [3.8, 4) is 0 Å². The van der Waals surface area contributed by atoms with Crippen LogP contribution in [-0.2, 0) is 4.79 Å². The van der Waals surface area contributed by atoms with Gasteiger partial charge in [-0.05, 0) is 37.1 Å². The van der Waals surface area contributed by atoms with E-state index in [1.807, 2.05) is 37.3 Å². The predicted molar refractivity (Wildman–Crippen MR) is 111 cm³/mol. The van der Waals surface area contributed by atoms with Gasteiger partial charge in [0.2, 0.25) is 5.91 Å². The number of rotatable bonds is 6. The van der Waals surface area contributed by atoms with Crippen molar-refractivity contribution in [2.45, 2.75) is 32.2 Å². The third-order valence-electron chi connectivity index (χ3n) is 5.27. The first-order chi connectivity index (χ1) is 14.1. The van der Waals surface area contributed by atoms with E-state index in [2.05, 4.69) is 10.3 Å². The highest BCUT2D eigenvalue weighted by atomic mass is 16.2. The maximum Gasteiger partial charge on any atom is 0.261 e. The largest absolute Gasteiger partial charge is 0.324 e. The monoisotopic (exact) mass is 387 g/mol. The molecule has 1 atom stereocenters. The maximum atomic E-state index is 12.7. The van der Waals surface area contributed by atoms with Gasteiger partial charge in [0, 0.05) is 24.0 Å². The zero-order valence-corrected chi connectivity index (χ0v) is 16.1. The van der Waals surface area contributed by atoms with E-state index in [-0.39, 0.29) is 30.2 Å². The number of pyridine rings is 1. The van der Waals surface area contributed by atoms with Crippen LogP contribution >= 0.6 is 0 Å². The van der Waals surface area contributed by atoms with Gasteiger partial charge in [0.05, 0.1) is 22.3 Å². The molecule has 146 valence electrons. The SMILES string of the molecule is CCC(CCC(=O)Nc1cccc2cccnc12)N1C(=O)c2ccccc2C1=O. The molecule has 3 amide bonds. The molecule has 4 rings (SSSR count). The maximum absolute atomic E-state index is 12.7. The van der Waals surface area contributed by atoms with Crippen LogP contribution in [0.25, 0.3) is 10.9 Å². The fourth-order valence-corrected chi connectivity index (χ4v) is 3.77. The van der Waals surface area contributed by atoms with E-state index in [4.69, 9.17) is 0 Å². The van der Waals surface area contributed by atoms with Gasteiger partial charge in [-0.2, -0.15) is 0 Å². The van der Waals surface area contributed by atoms with Crippen LogP contribution < -0.4 is 5.32 Å². The number of imide groups is 1. The van der Waals surface area contributed by atoms with E-state index in [0.717, 1.165) is 10.9 Å². The van der Waals surface area contributed by atoms with Crippen LogP contribution in [0.1, 0.15) is 46.9 Å². The van der Waals surface area contributed by atoms with Crippen LogP contribution in [0.3, 0.4) is 0 Å². The molecule has 0 saturated carbocycles. The smallest absolute Gasteiger partial charge is 0.261 e. The lowest BCUT2D eigenvalue weighted by atomic mass is 10.1. The van der Waals surface area contributed by atoms with E-state index in [0.29, 0.717) is 29.7 Å². The lowest BCUT2D eigenvalue weighted by Gasteiger charge is -2.25. The van der Waals surface area contributed by atoms with Crippen LogP contribution in [0, 0.1) is 0 Å². The van der Waals surface area contributed by atoms with Crippen LogP contribution in [0.15, 0.2) is 60.8 Å². The summed E-state index contributed by atoms with van der Waals surface area (Å²) in [5.74, 6) is -0.731. The number of anilines is 1. The van der Waals surface area contributed by atoms with Crippen LogP contribution in [0.4, 0.5) is 5.69 Å². The molecule has 0 radical (unpaired) electrons. The van der Waals surface area contributed by atoms with Crippen molar-refractivity contribution >= 4 is 34.3 Å². The molecule has 0 spiro atoms. The second kappa shape index (κ2) is 7.83. The molecule has 1 N–H and O–H groups in total. The minimum absolute atomic E-state index is 0.168. The Hall–Kier alpha value is -3.54. The van der Waals surface area contributed by atoms with E-state index >= 15 is 0 Å². The van der Waals surface area contributed by atoms with Crippen LogP contribution in [0.2, 0.25) is 0 Å². The molecule has 0 aliphatic carbocycles. The van der Waals surface area contributed by atoms with Crippen molar-refractivity contribution in [1.82, 2.24) is 9.88 Å². The summed E-state index contributed by atoms with van der Waals surface area (Å²) in [6.45, 7) is 1.92. The molecule has 29 heavy (non-hydrogen) atoms. The number of aromatic nitrogens is 1. The topological polar surface area (TPSA) is 79.4 Å². The molecule has 6 heteroatoms. The van der Waals surface area contributed by atoms with Gasteiger partial charge in [0.25, 0.3) is 11.8 Å². The molecule has 0 bridgehead atoms. The minimum atomic E-state index is -0.321. The molecule has 3 aromatic rings. The molecule has 1 aromatic heterocycles. The number of nitrogens with one attached hydrogen (secondary N) is 1. The zero-order valence-electron chi connectivity index (χ0n) is 16.1. The van der Waals surface area contributed by atoms with Crippen molar-refractivity contribution in [2.24, 2.45) is 0 Å². The summed E-state index contributed by atoms with van der Waals surface area (Å²) in [4.78, 5) is 43.6. The summed E-state index contributed by atoms with van der Waals surface area (Å²) in [6, 6.07) is 15.9. The summed E-state index contributed by atoms with van der Waals surface area (Å²) < 4.78 is 0. The summed E-state index contributed by atoms with van der Waals surface area (Å²) in [7, 11) is 0. The molecule has 1 aliphatic heterocycles. The van der Waals surface area contributed by atoms with E-state index < -0.39 is 0 Å². The van der Waals surface area contributed by atoms with Gasteiger partial charge in [0.15, 0.2) is 0 Å². The molecule has 1 aliphatic rings. The van der Waals surface area contributed by atoms with E-state index in [9.17, 15) is 14.4 Å². The Morgan fingerprint density at radius 2 is 1.69 bits per heavy atom. The highest BCUT2D eigenvalue weighted by Gasteiger charge is 2.38. The summed E-state index contributed by atoms with van der Waals surface area (Å²) in [6.07, 6.45) is 2.89. The number of amides is 3. The second-order valence-electron chi connectivity index (χ2n) is 7.06. The van der Waals surface area contributed by atoms with Gasteiger partial charge < -0.3 is 5.32 Å². The third kappa shape index (κ3) is 3.49. The summed E-state index contributed by atoms with van der Waals surface area (Å²) >= 11 is 0. The molecule has 6 nitrogen and oxygen atoms in total. The van der Waals surface area contributed by atoms with Gasteiger partial charge in [-0.25, -0.2) is 0 Å². The van der Waals surface area contributed by atoms with Crippen molar-refractivity contribution in [1.29, 1.82) is 0 Å². The lowest BCUT2D eigenvalue weighted by Crippen LogP contribution is -2.40. The molecule has 2 heterocycles. The zero-order chi connectivity index (χ0) is 20.4. The van der Waals surface area contributed by atoms with Crippen molar-refractivity contribution in [2.75, 3.05) is 5.32 Å². The number of carbonyl (C=O) groups is 3. The van der Waals surface area contributed by atoms with Gasteiger partial charge >= 0.3 is 0 Å². The Morgan fingerprint density at radius 1 is 1.00 bits per heavy atom. The Morgan fingerprint density at radius 3 is 2.38 bits per heavy atom. The highest BCUT2D eigenvalue weighted by molar-refractivity contribution is 6.21. The number of hydrogen-bond acceptors (Lipinski definition) is 4. The minimum Gasteiger partial charge on any atom is -0.324 e. The molecular formula is C23H21N3O3. The Labute approximate surface area is 168 Å². The number of fused-ring (bicyclic) bond motifs is 2. The number of benzene rings is 2. The molecule has 0 fully saturated rings.